The lowest BCUT2D eigenvalue weighted by molar-refractivity contribution is 0.0601. The van der Waals surface area contributed by atoms with Crippen LogP contribution >= 0.6 is 0 Å². The van der Waals surface area contributed by atoms with Crippen molar-refractivity contribution >= 4 is 33.3 Å². The quantitative estimate of drug-likeness (QED) is 0.466. The van der Waals surface area contributed by atoms with Crippen LogP contribution in [-0.2, 0) is 14.8 Å². The predicted molar refractivity (Wildman–Crippen MR) is 127 cm³/mol. The fourth-order valence-corrected chi connectivity index (χ4v) is 4.27. The standard InChI is InChI=1S/C24H24N2O7S/c1-15-10-11-16(12-19(15)26-34(29,30)17-8-6-5-7-9-17)23(27)25-20-14-22(32-3)21(31-2)13-18(20)24(28)33-4/h5-14,26H,1-4H3,(H,25,27). The minimum Gasteiger partial charge on any atom is -0.493 e. The molecule has 0 heterocycles. The number of aryl methyl sites for hydroxylation is 1. The van der Waals surface area contributed by atoms with Crippen molar-refractivity contribution in [2.75, 3.05) is 31.4 Å². The summed E-state index contributed by atoms with van der Waals surface area (Å²) in [5, 5.41) is 2.66. The van der Waals surface area contributed by atoms with Gasteiger partial charge in [0, 0.05) is 17.7 Å². The largest absolute Gasteiger partial charge is 0.493 e. The molecule has 0 aliphatic carbocycles. The molecule has 0 bridgehead atoms. The number of hydrogen-bond donors (Lipinski definition) is 2. The molecule has 0 aromatic heterocycles. The van der Waals surface area contributed by atoms with Crippen LogP contribution in [-0.4, -0.2) is 41.6 Å². The van der Waals surface area contributed by atoms with Crippen molar-refractivity contribution in [3.8, 4) is 11.5 Å². The van der Waals surface area contributed by atoms with E-state index < -0.39 is 21.9 Å². The van der Waals surface area contributed by atoms with Gasteiger partial charge in [0.2, 0.25) is 0 Å². The molecule has 9 nitrogen and oxygen atoms in total. The van der Waals surface area contributed by atoms with Crippen LogP contribution < -0.4 is 19.5 Å². The molecule has 0 spiro atoms. The third-order valence-corrected chi connectivity index (χ3v) is 6.36. The highest BCUT2D eigenvalue weighted by Gasteiger charge is 2.21. The van der Waals surface area contributed by atoms with Gasteiger partial charge in [-0.15, -0.1) is 0 Å². The number of hydrogen-bond acceptors (Lipinski definition) is 7. The smallest absolute Gasteiger partial charge is 0.340 e. The van der Waals surface area contributed by atoms with E-state index >= 15 is 0 Å². The van der Waals surface area contributed by atoms with Gasteiger partial charge in [0.1, 0.15) is 0 Å². The second-order valence-corrected chi connectivity index (χ2v) is 8.83. The Labute approximate surface area is 197 Å². The third-order valence-electron chi connectivity index (χ3n) is 4.97. The molecule has 0 fully saturated rings. The topological polar surface area (TPSA) is 120 Å². The number of carbonyl (C=O) groups is 2. The van der Waals surface area contributed by atoms with Gasteiger partial charge in [0.05, 0.1) is 43.2 Å². The Balaban J connectivity index is 1.94. The monoisotopic (exact) mass is 484 g/mol. The number of esters is 1. The number of sulfonamides is 1. The van der Waals surface area contributed by atoms with Crippen molar-refractivity contribution in [1.29, 1.82) is 0 Å². The molecular weight excluding hydrogens is 460 g/mol. The average molecular weight is 485 g/mol. The summed E-state index contributed by atoms with van der Waals surface area (Å²) in [6.07, 6.45) is 0. The molecule has 0 unspecified atom stereocenters. The number of carbonyl (C=O) groups excluding carboxylic acids is 2. The zero-order valence-corrected chi connectivity index (χ0v) is 19.9. The lowest BCUT2D eigenvalue weighted by atomic mass is 10.1. The minimum absolute atomic E-state index is 0.0608. The van der Waals surface area contributed by atoms with Crippen LogP contribution in [0.15, 0.2) is 65.6 Å². The van der Waals surface area contributed by atoms with Crippen molar-refractivity contribution in [1.82, 2.24) is 0 Å². The third kappa shape index (κ3) is 5.29. The summed E-state index contributed by atoms with van der Waals surface area (Å²) in [5.74, 6) is -0.673. The van der Waals surface area contributed by atoms with Crippen LogP contribution in [0.2, 0.25) is 0 Å². The highest BCUT2D eigenvalue weighted by molar-refractivity contribution is 7.92. The lowest BCUT2D eigenvalue weighted by Gasteiger charge is -2.15. The summed E-state index contributed by atoms with van der Waals surface area (Å²) in [6.45, 7) is 1.72. The molecule has 0 saturated carbocycles. The Kier molecular flexibility index (Phi) is 7.42. The van der Waals surface area contributed by atoms with E-state index in [1.54, 1.807) is 37.3 Å². The van der Waals surface area contributed by atoms with Gasteiger partial charge in [-0.1, -0.05) is 24.3 Å². The van der Waals surface area contributed by atoms with E-state index in [-0.39, 0.29) is 33.1 Å². The number of amides is 1. The molecule has 1 amide bonds. The fraction of sp³-hybridized carbons (Fsp3) is 0.167. The zero-order valence-electron chi connectivity index (χ0n) is 19.0. The number of anilines is 2. The highest BCUT2D eigenvalue weighted by Crippen LogP contribution is 2.34. The zero-order chi connectivity index (χ0) is 24.9. The normalized spacial score (nSPS) is 10.8. The Morgan fingerprint density at radius 2 is 1.47 bits per heavy atom. The molecule has 0 aliphatic heterocycles. The molecule has 178 valence electrons. The van der Waals surface area contributed by atoms with E-state index in [0.717, 1.165) is 0 Å². The maximum Gasteiger partial charge on any atom is 0.340 e. The lowest BCUT2D eigenvalue weighted by Crippen LogP contribution is -2.17. The van der Waals surface area contributed by atoms with E-state index in [1.165, 1.54) is 51.7 Å². The van der Waals surface area contributed by atoms with Crippen molar-refractivity contribution in [2.45, 2.75) is 11.8 Å². The molecule has 0 saturated heterocycles. The van der Waals surface area contributed by atoms with Crippen molar-refractivity contribution < 1.29 is 32.2 Å². The predicted octanol–water partition coefficient (Wildman–Crippen LogP) is 3.85. The minimum atomic E-state index is -3.85. The highest BCUT2D eigenvalue weighted by atomic mass is 32.2. The van der Waals surface area contributed by atoms with Crippen LogP contribution in [0.4, 0.5) is 11.4 Å². The van der Waals surface area contributed by atoms with Crippen LogP contribution in [0.1, 0.15) is 26.3 Å². The molecule has 3 aromatic carbocycles. The fourth-order valence-electron chi connectivity index (χ4n) is 3.13. The Bertz CT molecular complexity index is 1320. The van der Waals surface area contributed by atoms with Crippen molar-refractivity contribution in [3.05, 3.63) is 77.4 Å². The van der Waals surface area contributed by atoms with Gasteiger partial charge in [-0.05, 0) is 36.8 Å². The van der Waals surface area contributed by atoms with Crippen LogP contribution in [0.25, 0.3) is 0 Å². The maximum absolute atomic E-state index is 13.0. The number of ether oxygens (including phenoxy) is 3. The molecule has 34 heavy (non-hydrogen) atoms. The van der Waals surface area contributed by atoms with E-state index in [0.29, 0.717) is 11.3 Å². The van der Waals surface area contributed by atoms with E-state index in [1.807, 2.05) is 0 Å². The van der Waals surface area contributed by atoms with Gasteiger partial charge in [0.15, 0.2) is 11.5 Å². The second kappa shape index (κ2) is 10.3. The van der Waals surface area contributed by atoms with Gasteiger partial charge in [-0.2, -0.15) is 0 Å². The molecule has 0 atom stereocenters. The summed E-state index contributed by atoms with van der Waals surface area (Å²) in [5.41, 5.74) is 1.24. The summed E-state index contributed by atoms with van der Waals surface area (Å²) in [7, 11) is 0.211. The number of methoxy groups -OCH3 is 3. The average Bonchev–Trinajstić information content (AvgIpc) is 2.84. The van der Waals surface area contributed by atoms with E-state index in [9.17, 15) is 18.0 Å². The second-order valence-electron chi connectivity index (χ2n) is 7.15. The first kappa shape index (κ1) is 24.6. The van der Waals surface area contributed by atoms with Crippen LogP contribution in [0.3, 0.4) is 0 Å². The summed E-state index contributed by atoms with van der Waals surface area (Å²) in [6, 6.07) is 15.3. The molecule has 3 rings (SSSR count). The first-order valence-corrected chi connectivity index (χ1v) is 11.5. The van der Waals surface area contributed by atoms with Gasteiger partial charge in [-0.3, -0.25) is 9.52 Å². The summed E-state index contributed by atoms with van der Waals surface area (Å²) >= 11 is 0. The van der Waals surface area contributed by atoms with Crippen molar-refractivity contribution in [3.63, 3.8) is 0 Å². The van der Waals surface area contributed by atoms with Gasteiger partial charge in [0.25, 0.3) is 15.9 Å². The first-order chi connectivity index (χ1) is 16.2. The van der Waals surface area contributed by atoms with E-state index in [2.05, 4.69) is 10.0 Å². The van der Waals surface area contributed by atoms with Crippen LogP contribution in [0, 0.1) is 6.92 Å². The Morgan fingerprint density at radius 1 is 0.824 bits per heavy atom. The number of nitrogens with one attached hydrogen (secondary N) is 2. The Hall–Kier alpha value is -4.05. The molecule has 2 N–H and O–H groups in total. The molecule has 0 radical (unpaired) electrons. The molecule has 0 aliphatic rings. The van der Waals surface area contributed by atoms with E-state index in [4.69, 9.17) is 14.2 Å². The number of benzene rings is 3. The van der Waals surface area contributed by atoms with Gasteiger partial charge in [-0.25, -0.2) is 13.2 Å². The van der Waals surface area contributed by atoms with Crippen molar-refractivity contribution in [2.24, 2.45) is 0 Å². The first-order valence-electron chi connectivity index (χ1n) is 10.0. The molecule has 10 heteroatoms. The molecular formula is C24H24N2O7S. The Morgan fingerprint density at radius 3 is 2.09 bits per heavy atom. The van der Waals surface area contributed by atoms with Crippen LogP contribution in [0.5, 0.6) is 11.5 Å². The summed E-state index contributed by atoms with van der Waals surface area (Å²) in [4.78, 5) is 25.4. The summed E-state index contributed by atoms with van der Waals surface area (Å²) < 4.78 is 43.2. The SMILES string of the molecule is COC(=O)c1cc(OC)c(OC)cc1NC(=O)c1ccc(C)c(NS(=O)(=O)c2ccccc2)c1. The number of rotatable bonds is 8. The maximum atomic E-state index is 13.0. The van der Waals surface area contributed by atoms with Gasteiger partial charge < -0.3 is 19.5 Å². The van der Waals surface area contributed by atoms with Gasteiger partial charge >= 0.3 is 5.97 Å². The molecule has 3 aromatic rings.